The molecule has 7 nitrogen and oxygen atoms in total. The minimum atomic E-state index is -4.89. The second kappa shape index (κ2) is 4.86. The average molecular weight is 277 g/mol. The molecule has 1 unspecified atom stereocenters. The maximum Gasteiger partial charge on any atom is 1.00 e. The van der Waals surface area contributed by atoms with Gasteiger partial charge in [-0.05, 0) is 12.2 Å². The first kappa shape index (κ1) is 16.3. The number of hydrogen-bond donors (Lipinski definition) is 2. The summed E-state index contributed by atoms with van der Waals surface area (Å²) in [5.41, 5.74) is 5.22. The van der Waals surface area contributed by atoms with E-state index in [2.05, 4.69) is 0 Å². The molecule has 0 aromatic carbocycles. The summed E-state index contributed by atoms with van der Waals surface area (Å²) in [6.07, 6.45) is 2.27. The van der Waals surface area contributed by atoms with Gasteiger partial charge in [-0.3, -0.25) is 4.55 Å². The Balaban J connectivity index is 0.00000225. The molecule has 0 aromatic rings. The largest absolute Gasteiger partial charge is 1.00 e. The van der Waals surface area contributed by atoms with Crippen molar-refractivity contribution in [1.29, 1.82) is 0 Å². The molecule has 0 bridgehead atoms. The minimum Gasteiger partial charge on any atom is -0.746 e. The van der Waals surface area contributed by atoms with E-state index >= 15 is 0 Å². The van der Waals surface area contributed by atoms with Crippen molar-refractivity contribution in [3.63, 3.8) is 0 Å². The van der Waals surface area contributed by atoms with Crippen LogP contribution < -0.4 is 35.3 Å². The molecule has 0 aliphatic heterocycles. The smallest absolute Gasteiger partial charge is 0.746 e. The molecule has 1 aliphatic rings. The predicted octanol–water partition coefficient (Wildman–Crippen LogP) is -4.08. The van der Waals surface area contributed by atoms with Crippen LogP contribution in [0.4, 0.5) is 0 Å². The Morgan fingerprint density at radius 3 is 2.25 bits per heavy atom. The second-order valence-corrected chi connectivity index (χ2v) is 6.13. The van der Waals surface area contributed by atoms with Crippen molar-refractivity contribution in [2.24, 2.45) is 5.73 Å². The molecule has 1 aliphatic carbocycles. The van der Waals surface area contributed by atoms with Gasteiger partial charge in [0, 0.05) is 6.42 Å². The van der Waals surface area contributed by atoms with Crippen molar-refractivity contribution in [3.05, 3.63) is 23.1 Å². The number of allylic oxidation sites excluding steroid dienone is 1. The van der Waals surface area contributed by atoms with E-state index in [1.54, 1.807) is 0 Å². The second-order valence-electron chi connectivity index (χ2n) is 3.04. The van der Waals surface area contributed by atoms with Crippen molar-refractivity contribution in [2.75, 3.05) is 0 Å². The summed E-state index contributed by atoms with van der Waals surface area (Å²) in [7, 11) is -9.46. The SMILES string of the molecule is NC1(S(=O)(=O)[O-])C=C(S(=O)(=O)O)C=CC1.[Na+]. The van der Waals surface area contributed by atoms with Crippen molar-refractivity contribution in [1.82, 2.24) is 0 Å². The zero-order valence-electron chi connectivity index (χ0n) is 8.32. The molecule has 0 radical (unpaired) electrons. The van der Waals surface area contributed by atoms with Crippen LogP contribution in [-0.2, 0) is 20.2 Å². The van der Waals surface area contributed by atoms with E-state index in [1.165, 1.54) is 0 Å². The molecule has 86 valence electrons. The fourth-order valence-corrected chi connectivity index (χ4v) is 2.32. The van der Waals surface area contributed by atoms with Crippen LogP contribution in [0.2, 0.25) is 0 Å². The van der Waals surface area contributed by atoms with Gasteiger partial charge in [-0.1, -0.05) is 6.08 Å². The number of nitrogens with two attached hydrogens (primary N) is 1. The van der Waals surface area contributed by atoms with Gasteiger partial charge < -0.3 is 10.3 Å². The van der Waals surface area contributed by atoms with Gasteiger partial charge in [0.2, 0.25) is 0 Å². The van der Waals surface area contributed by atoms with Gasteiger partial charge in [-0.25, -0.2) is 8.42 Å². The van der Waals surface area contributed by atoms with Gasteiger partial charge in [0.25, 0.3) is 10.1 Å². The molecular formula is C6H8NNaO6S2. The molecule has 1 atom stereocenters. The molecule has 16 heavy (non-hydrogen) atoms. The Morgan fingerprint density at radius 1 is 1.38 bits per heavy atom. The van der Waals surface area contributed by atoms with Crippen molar-refractivity contribution >= 4 is 20.2 Å². The van der Waals surface area contributed by atoms with E-state index in [1.807, 2.05) is 0 Å². The van der Waals surface area contributed by atoms with Gasteiger partial charge in [0.1, 0.15) is 15.0 Å². The van der Waals surface area contributed by atoms with Gasteiger partial charge in [0.15, 0.2) is 0 Å². The third-order valence-electron chi connectivity index (χ3n) is 1.87. The standard InChI is InChI=1S/C6H9NO6S2.Na/c7-6(15(11,12)13)3-1-2-5(4-6)14(8,9)10;/h1-2,4H,3,7H2,(H,8,9,10)(H,11,12,13);/q;+1/p-1. The zero-order valence-corrected chi connectivity index (χ0v) is 12.0. The van der Waals surface area contributed by atoms with Gasteiger partial charge >= 0.3 is 29.6 Å². The summed E-state index contributed by atoms with van der Waals surface area (Å²) in [5, 5.41) is 0. The number of rotatable bonds is 2. The molecule has 0 spiro atoms. The Morgan fingerprint density at radius 2 is 1.88 bits per heavy atom. The molecule has 0 amide bonds. The topological polar surface area (TPSA) is 138 Å². The quantitative estimate of drug-likeness (QED) is 0.386. The van der Waals surface area contributed by atoms with E-state index in [9.17, 15) is 21.4 Å². The van der Waals surface area contributed by atoms with Crippen molar-refractivity contribution in [2.45, 2.75) is 11.3 Å². The van der Waals surface area contributed by atoms with E-state index in [-0.39, 0.29) is 36.0 Å². The van der Waals surface area contributed by atoms with E-state index in [4.69, 9.17) is 10.3 Å². The Labute approximate surface area is 115 Å². The summed E-state index contributed by atoms with van der Waals surface area (Å²) in [6, 6.07) is 0. The third kappa shape index (κ3) is 3.37. The first-order chi connectivity index (χ1) is 6.56. The molecule has 0 aromatic heterocycles. The van der Waals surface area contributed by atoms with Crippen molar-refractivity contribution < 1.29 is 55.5 Å². The van der Waals surface area contributed by atoms with Crippen LogP contribution in [-0.4, -0.2) is 30.8 Å². The van der Waals surface area contributed by atoms with E-state index in [0.29, 0.717) is 6.08 Å². The van der Waals surface area contributed by atoms with Crippen LogP contribution in [0.15, 0.2) is 23.1 Å². The van der Waals surface area contributed by atoms with Gasteiger partial charge in [0.05, 0.1) is 4.91 Å². The first-order valence-electron chi connectivity index (χ1n) is 3.67. The molecule has 3 N–H and O–H groups in total. The zero-order chi connectivity index (χ0) is 11.9. The average Bonchev–Trinajstić information content (AvgIpc) is 2.00. The molecule has 1 rings (SSSR count). The summed E-state index contributed by atoms with van der Waals surface area (Å²) < 4.78 is 62.2. The Hall–Kier alpha value is 0.260. The maximum absolute atomic E-state index is 10.7. The Kier molecular flexibility index (Phi) is 4.94. The monoisotopic (exact) mass is 277 g/mol. The summed E-state index contributed by atoms with van der Waals surface area (Å²) in [6.45, 7) is 0. The Bertz CT molecular complexity index is 533. The summed E-state index contributed by atoms with van der Waals surface area (Å²) in [5.74, 6) is 0. The molecule has 0 saturated heterocycles. The first-order valence-corrected chi connectivity index (χ1v) is 6.52. The summed E-state index contributed by atoms with van der Waals surface area (Å²) >= 11 is 0. The van der Waals surface area contributed by atoms with E-state index < -0.39 is 30.0 Å². The molecule has 0 fully saturated rings. The molecular weight excluding hydrogens is 269 g/mol. The van der Waals surface area contributed by atoms with Crippen LogP contribution in [0.25, 0.3) is 0 Å². The van der Waals surface area contributed by atoms with Crippen LogP contribution in [0.5, 0.6) is 0 Å². The minimum absolute atomic E-state index is 0. The fraction of sp³-hybridized carbons (Fsp3) is 0.333. The predicted molar refractivity (Wildman–Crippen MR) is 50.0 cm³/mol. The number of hydrogen-bond acceptors (Lipinski definition) is 6. The molecule has 0 heterocycles. The van der Waals surface area contributed by atoms with Gasteiger partial charge in [-0.2, -0.15) is 8.42 Å². The van der Waals surface area contributed by atoms with Crippen LogP contribution >= 0.6 is 0 Å². The maximum atomic E-state index is 10.7. The van der Waals surface area contributed by atoms with Crippen LogP contribution in [0.3, 0.4) is 0 Å². The van der Waals surface area contributed by atoms with Gasteiger partial charge in [-0.15, -0.1) is 0 Å². The van der Waals surface area contributed by atoms with Crippen LogP contribution in [0.1, 0.15) is 6.42 Å². The third-order valence-corrected chi connectivity index (χ3v) is 3.93. The molecule has 10 heteroatoms. The fourth-order valence-electron chi connectivity index (χ4n) is 1.04. The van der Waals surface area contributed by atoms with Crippen molar-refractivity contribution in [3.8, 4) is 0 Å². The summed E-state index contributed by atoms with van der Waals surface area (Å²) in [4.78, 5) is -3.02. The van der Waals surface area contributed by atoms with Crippen LogP contribution in [0, 0.1) is 0 Å². The molecule has 0 saturated carbocycles. The normalized spacial score (nSPS) is 25.8. The van der Waals surface area contributed by atoms with E-state index in [0.717, 1.165) is 12.2 Å².